The van der Waals surface area contributed by atoms with Crippen molar-refractivity contribution in [2.75, 3.05) is 5.32 Å². The summed E-state index contributed by atoms with van der Waals surface area (Å²) < 4.78 is 2.90. The monoisotopic (exact) mass is 351 g/mol. The van der Waals surface area contributed by atoms with Crippen molar-refractivity contribution >= 4 is 43.6 Å². The Balaban J connectivity index is 1.68. The Morgan fingerprint density at radius 1 is 1.24 bits per heavy atom. The molecule has 0 spiro atoms. The lowest BCUT2D eigenvalue weighted by Crippen LogP contribution is -2.14. The molecule has 4 rings (SSSR count). The molecule has 6 nitrogen and oxygen atoms in total. The van der Waals surface area contributed by atoms with Crippen LogP contribution in [0.3, 0.4) is 0 Å². The summed E-state index contributed by atoms with van der Waals surface area (Å²) in [5.41, 5.74) is 2.89. The number of anilines is 1. The fourth-order valence-electron chi connectivity index (χ4n) is 2.76. The van der Waals surface area contributed by atoms with Crippen LogP contribution in [-0.4, -0.2) is 25.7 Å². The van der Waals surface area contributed by atoms with Gasteiger partial charge in [-0.25, -0.2) is 14.6 Å². The van der Waals surface area contributed by atoms with E-state index >= 15 is 0 Å². The topological polar surface area (TPSA) is 72.7 Å². The lowest BCUT2D eigenvalue weighted by Gasteiger charge is -2.09. The Morgan fingerprint density at radius 3 is 2.80 bits per heavy atom. The van der Waals surface area contributed by atoms with Gasteiger partial charge in [0.25, 0.3) is 5.91 Å². The SMILES string of the molecule is Cc1nc2c(cnn2C(C)C)cc1C(=O)Nc1nc2ccccc2s1. The largest absolute Gasteiger partial charge is 0.298 e. The number of nitrogens with zero attached hydrogens (tertiary/aromatic N) is 4. The van der Waals surface area contributed by atoms with Crippen molar-refractivity contribution in [3.8, 4) is 0 Å². The van der Waals surface area contributed by atoms with E-state index in [1.165, 1.54) is 11.3 Å². The van der Waals surface area contributed by atoms with Gasteiger partial charge in [-0.15, -0.1) is 0 Å². The molecule has 1 aromatic carbocycles. The van der Waals surface area contributed by atoms with Crippen LogP contribution in [0.4, 0.5) is 5.13 Å². The first-order valence-electron chi connectivity index (χ1n) is 8.04. The number of rotatable bonds is 3. The fraction of sp³-hybridized carbons (Fsp3) is 0.222. The molecular weight excluding hydrogens is 334 g/mol. The number of nitrogens with one attached hydrogen (secondary N) is 1. The first kappa shape index (κ1) is 15.7. The first-order valence-corrected chi connectivity index (χ1v) is 8.86. The molecule has 0 bridgehead atoms. The number of thiazole rings is 1. The van der Waals surface area contributed by atoms with E-state index in [4.69, 9.17) is 0 Å². The molecule has 1 amide bonds. The van der Waals surface area contributed by atoms with Gasteiger partial charge in [-0.3, -0.25) is 10.1 Å². The second kappa shape index (κ2) is 5.93. The van der Waals surface area contributed by atoms with Crippen LogP contribution in [0.25, 0.3) is 21.3 Å². The van der Waals surface area contributed by atoms with Gasteiger partial charge in [0, 0.05) is 11.4 Å². The molecule has 25 heavy (non-hydrogen) atoms. The highest BCUT2D eigenvalue weighted by Gasteiger charge is 2.16. The summed E-state index contributed by atoms with van der Waals surface area (Å²) in [6, 6.07) is 9.86. The van der Waals surface area contributed by atoms with Crippen LogP contribution in [0.15, 0.2) is 36.5 Å². The van der Waals surface area contributed by atoms with Gasteiger partial charge in [-0.1, -0.05) is 23.5 Å². The van der Waals surface area contributed by atoms with E-state index in [0.29, 0.717) is 16.4 Å². The predicted molar refractivity (Wildman–Crippen MR) is 100 cm³/mol. The number of aryl methyl sites for hydroxylation is 1. The van der Waals surface area contributed by atoms with Crippen LogP contribution in [0.5, 0.6) is 0 Å². The van der Waals surface area contributed by atoms with Crippen molar-refractivity contribution in [1.29, 1.82) is 0 Å². The highest BCUT2D eigenvalue weighted by molar-refractivity contribution is 7.22. The number of carbonyl (C=O) groups excluding carboxylic acids is 1. The summed E-state index contributed by atoms with van der Waals surface area (Å²) >= 11 is 1.46. The number of para-hydroxylation sites is 1. The number of hydrogen-bond acceptors (Lipinski definition) is 5. The Labute approximate surface area is 148 Å². The number of aromatic nitrogens is 4. The third-order valence-electron chi connectivity index (χ3n) is 4.01. The van der Waals surface area contributed by atoms with Crippen LogP contribution < -0.4 is 5.32 Å². The summed E-state index contributed by atoms with van der Waals surface area (Å²) in [4.78, 5) is 21.7. The molecule has 0 saturated carbocycles. The predicted octanol–water partition coefficient (Wildman–Crippen LogP) is 4.18. The second-order valence-electron chi connectivity index (χ2n) is 6.16. The number of pyridine rings is 1. The van der Waals surface area contributed by atoms with Crippen molar-refractivity contribution in [3.05, 3.63) is 47.8 Å². The average Bonchev–Trinajstić information content (AvgIpc) is 3.16. The molecule has 1 N–H and O–H groups in total. The zero-order valence-corrected chi connectivity index (χ0v) is 15.0. The van der Waals surface area contributed by atoms with Gasteiger partial charge >= 0.3 is 0 Å². The Kier molecular flexibility index (Phi) is 3.73. The maximum atomic E-state index is 12.7. The summed E-state index contributed by atoms with van der Waals surface area (Å²) in [7, 11) is 0. The maximum absolute atomic E-state index is 12.7. The summed E-state index contributed by atoms with van der Waals surface area (Å²) in [6.45, 7) is 5.94. The van der Waals surface area contributed by atoms with Gasteiger partial charge in [0.1, 0.15) is 0 Å². The molecule has 0 aliphatic rings. The van der Waals surface area contributed by atoms with Crippen molar-refractivity contribution in [2.45, 2.75) is 26.8 Å². The van der Waals surface area contributed by atoms with Crippen molar-refractivity contribution in [2.24, 2.45) is 0 Å². The van der Waals surface area contributed by atoms with E-state index < -0.39 is 0 Å². The van der Waals surface area contributed by atoms with Gasteiger partial charge in [-0.2, -0.15) is 5.10 Å². The Hall–Kier alpha value is -2.80. The number of amides is 1. The summed E-state index contributed by atoms with van der Waals surface area (Å²) in [5.74, 6) is -0.205. The molecule has 7 heteroatoms. The molecule has 0 aliphatic heterocycles. The van der Waals surface area contributed by atoms with Crippen LogP contribution in [0.2, 0.25) is 0 Å². The standard InChI is InChI=1S/C18H17N5OS/c1-10(2)23-16-12(9-19-23)8-13(11(3)20-16)17(24)22-18-21-14-6-4-5-7-15(14)25-18/h4-10H,1-3H3,(H,21,22,24). The number of fused-ring (bicyclic) bond motifs is 2. The molecule has 0 saturated heterocycles. The van der Waals surface area contributed by atoms with E-state index in [1.54, 1.807) is 6.20 Å². The zero-order chi connectivity index (χ0) is 17.6. The second-order valence-corrected chi connectivity index (χ2v) is 7.19. The van der Waals surface area contributed by atoms with E-state index in [0.717, 1.165) is 21.3 Å². The van der Waals surface area contributed by atoms with Crippen LogP contribution in [-0.2, 0) is 0 Å². The molecule has 3 aromatic heterocycles. The molecule has 4 aromatic rings. The van der Waals surface area contributed by atoms with Gasteiger partial charge in [0.2, 0.25) is 0 Å². The molecule has 3 heterocycles. The minimum Gasteiger partial charge on any atom is -0.298 e. The van der Waals surface area contributed by atoms with Gasteiger partial charge in [0.15, 0.2) is 10.8 Å². The summed E-state index contributed by atoms with van der Waals surface area (Å²) in [6.07, 6.45) is 1.75. The van der Waals surface area contributed by atoms with E-state index in [9.17, 15) is 4.79 Å². The molecule has 0 fully saturated rings. The third kappa shape index (κ3) is 2.76. The molecule has 0 unspecified atom stereocenters. The number of carbonyl (C=O) groups is 1. The normalized spacial score (nSPS) is 11.5. The minimum absolute atomic E-state index is 0.205. The third-order valence-corrected chi connectivity index (χ3v) is 4.96. The summed E-state index contributed by atoms with van der Waals surface area (Å²) in [5, 5.41) is 8.69. The van der Waals surface area contributed by atoms with E-state index in [1.807, 2.05) is 41.9 Å². The van der Waals surface area contributed by atoms with Gasteiger partial charge in [-0.05, 0) is 39.0 Å². The van der Waals surface area contributed by atoms with Crippen LogP contribution >= 0.6 is 11.3 Å². The quantitative estimate of drug-likeness (QED) is 0.601. The number of hydrogen-bond donors (Lipinski definition) is 1. The van der Waals surface area contributed by atoms with E-state index in [-0.39, 0.29) is 11.9 Å². The van der Waals surface area contributed by atoms with Crippen molar-refractivity contribution in [1.82, 2.24) is 19.7 Å². The van der Waals surface area contributed by atoms with Crippen molar-refractivity contribution in [3.63, 3.8) is 0 Å². The lowest BCUT2D eigenvalue weighted by molar-refractivity contribution is 0.102. The molecule has 0 atom stereocenters. The molecular formula is C18H17N5OS. The number of benzene rings is 1. The van der Waals surface area contributed by atoms with Crippen molar-refractivity contribution < 1.29 is 4.79 Å². The van der Waals surface area contributed by atoms with Crippen LogP contribution in [0, 0.1) is 6.92 Å². The zero-order valence-electron chi connectivity index (χ0n) is 14.1. The van der Waals surface area contributed by atoms with Crippen LogP contribution in [0.1, 0.15) is 35.9 Å². The highest BCUT2D eigenvalue weighted by Crippen LogP contribution is 2.26. The highest BCUT2D eigenvalue weighted by atomic mass is 32.1. The fourth-order valence-corrected chi connectivity index (χ4v) is 3.62. The Bertz CT molecular complexity index is 1060. The maximum Gasteiger partial charge on any atom is 0.259 e. The first-order chi connectivity index (χ1) is 12.0. The smallest absolute Gasteiger partial charge is 0.259 e. The van der Waals surface area contributed by atoms with E-state index in [2.05, 4.69) is 34.2 Å². The molecule has 0 radical (unpaired) electrons. The average molecular weight is 351 g/mol. The Morgan fingerprint density at radius 2 is 2.04 bits per heavy atom. The minimum atomic E-state index is -0.205. The lowest BCUT2D eigenvalue weighted by atomic mass is 10.1. The van der Waals surface area contributed by atoms with Gasteiger partial charge < -0.3 is 0 Å². The molecule has 0 aliphatic carbocycles. The van der Waals surface area contributed by atoms with Gasteiger partial charge in [0.05, 0.1) is 27.7 Å². The molecule has 126 valence electrons.